The fraction of sp³-hybridized carbons (Fsp3) is 0.217. The summed E-state index contributed by atoms with van der Waals surface area (Å²) in [7, 11) is 0. The Bertz CT molecular complexity index is 1230. The summed E-state index contributed by atoms with van der Waals surface area (Å²) in [5, 5.41) is 6.37. The first-order valence-electron chi connectivity index (χ1n) is 10.1. The number of primary amides is 2. The molecule has 0 aliphatic heterocycles. The number of nitrogens with one attached hydrogen (secondary N) is 1. The predicted octanol–water partition coefficient (Wildman–Crippen LogP) is 2.99. The number of urea groups is 1. The number of nitrogens with two attached hydrogens (primary N) is 2. The largest absolute Gasteiger partial charge is 0.481 e. The maximum atomic E-state index is 14.0. The molecule has 0 radical (unpaired) electrons. The van der Waals surface area contributed by atoms with Crippen molar-refractivity contribution in [1.82, 2.24) is 9.78 Å². The van der Waals surface area contributed by atoms with E-state index in [-0.39, 0.29) is 18.0 Å². The van der Waals surface area contributed by atoms with Gasteiger partial charge in [0.25, 0.3) is 5.91 Å². The summed E-state index contributed by atoms with van der Waals surface area (Å²) in [5.74, 6) is -1.58. The molecule has 3 rings (SSSR count). The molecule has 0 saturated carbocycles. The molecule has 0 aliphatic carbocycles. The first-order valence-corrected chi connectivity index (χ1v) is 10.1. The molecule has 3 aromatic rings. The van der Waals surface area contributed by atoms with Gasteiger partial charge in [-0.2, -0.15) is 5.10 Å². The van der Waals surface area contributed by atoms with Gasteiger partial charge in [-0.3, -0.25) is 4.79 Å². The molecule has 5 N–H and O–H groups in total. The molecule has 3 amide bonds. The first kappa shape index (κ1) is 24.2. The zero-order valence-corrected chi connectivity index (χ0v) is 18.8. The lowest BCUT2D eigenvalue weighted by Gasteiger charge is -2.20. The number of halogens is 1. The van der Waals surface area contributed by atoms with Gasteiger partial charge in [-0.1, -0.05) is 12.1 Å². The number of hydrogen-bond acceptors (Lipinski definition) is 6. The van der Waals surface area contributed by atoms with Crippen LogP contribution in [0.2, 0.25) is 0 Å². The van der Waals surface area contributed by atoms with Crippen LogP contribution in [0.25, 0.3) is 16.8 Å². The molecule has 178 valence electrons. The fourth-order valence-corrected chi connectivity index (χ4v) is 3.07. The monoisotopic (exact) mass is 469 g/mol. The normalized spacial score (nSPS) is 11.1. The van der Waals surface area contributed by atoms with Gasteiger partial charge in [-0.05, 0) is 56.7 Å². The molecule has 0 aliphatic rings. The smallest absolute Gasteiger partial charge is 0.344 e. The quantitative estimate of drug-likeness (QED) is 0.453. The van der Waals surface area contributed by atoms with Gasteiger partial charge in [0.15, 0.2) is 12.3 Å². The molecule has 0 saturated heterocycles. The second-order valence-corrected chi connectivity index (χ2v) is 8.25. The topological polar surface area (TPSA) is 152 Å². The number of ether oxygens (including phenoxy) is 2. The van der Waals surface area contributed by atoms with Crippen LogP contribution in [-0.2, 0) is 9.53 Å². The molecular weight excluding hydrogens is 445 g/mol. The van der Waals surface area contributed by atoms with Crippen molar-refractivity contribution >= 4 is 23.6 Å². The van der Waals surface area contributed by atoms with Crippen molar-refractivity contribution in [3.05, 3.63) is 60.2 Å². The molecule has 0 unspecified atom stereocenters. The van der Waals surface area contributed by atoms with Crippen LogP contribution >= 0.6 is 0 Å². The highest BCUT2D eigenvalue weighted by Gasteiger charge is 2.19. The molecule has 10 nitrogen and oxygen atoms in total. The Morgan fingerprint density at radius 1 is 1.09 bits per heavy atom. The molecule has 0 atom stereocenters. The van der Waals surface area contributed by atoms with Crippen LogP contribution in [0.15, 0.2) is 48.7 Å². The van der Waals surface area contributed by atoms with E-state index in [1.807, 2.05) is 0 Å². The maximum Gasteiger partial charge on any atom is 0.344 e. The number of benzene rings is 2. The van der Waals surface area contributed by atoms with E-state index in [0.29, 0.717) is 22.6 Å². The van der Waals surface area contributed by atoms with Gasteiger partial charge >= 0.3 is 12.0 Å². The summed E-state index contributed by atoms with van der Waals surface area (Å²) >= 11 is 0. The minimum Gasteiger partial charge on any atom is -0.481 e. The van der Waals surface area contributed by atoms with E-state index in [1.165, 1.54) is 29.1 Å². The van der Waals surface area contributed by atoms with Crippen molar-refractivity contribution in [2.75, 3.05) is 11.9 Å². The number of hydrogen-bond donors (Lipinski definition) is 3. The average molecular weight is 469 g/mol. The molecule has 1 aromatic heterocycles. The average Bonchev–Trinajstić information content (AvgIpc) is 3.15. The van der Waals surface area contributed by atoms with Gasteiger partial charge in [-0.15, -0.1) is 0 Å². The van der Waals surface area contributed by atoms with Crippen LogP contribution < -0.4 is 21.5 Å². The Morgan fingerprint density at radius 2 is 1.76 bits per heavy atom. The predicted molar refractivity (Wildman–Crippen MR) is 122 cm³/mol. The van der Waals surface area contributed by atoms with E-state index in [4.69, 9.17) is 20.9 Å². The minimum absolute atomic E-state index is 0.0621. The minimum atomic E-state index is -0.873. The highest BCUT2D eigenvalue weighted by atomic mass is 19.1. The Morgan fingerprint density at radius 3 is 2.35 bits per heavy atom. The fourth-order valence-electron chi connectivity index (χ4n) is 3.07. The summed E-state index contributed by atoms with van der Waals surface area (Å²) < 4.78 is 26.1. The van der Waals surface area contributed by atoms with Gasteiger partial charge < -0.3 is 26.3 Å². The van der Waals surface area contributed by atoms with Crippen LogP contribution in [0.5, 0.6) is 5.75 Å². The summed E-state index contributed by atoms with van der Waals surface area (Å²) in [5.41, 5.74) is 11.2. The summed E-state index contributed by atoms with van der Waals surface area (Å²) in [6.45, 7) is 4.89. The second-order valence-electron chi connectivity index (χ2n) is 8.25. The zero-order chi connectivity index (χ0) is 25.0. The van der Waals surface area contributed by atoms with Gasteiger partial charge in [-0.25, -0.2) is 18.7 Å². The van der Waals surface area contributed by atoms with Gasteiger partial charge in [0.2, 0.25) is 0 Å². The second kappa shape index (κ2) is 9.61. The van der Waals surface area contributed by atoms with Crippen molar-refractivity contribution in [2.45, 2.75) is 26.4 Å². The van der Waals surface area contributed by atoms with Crippen LogP contribution in [0, 0.1) is 5.82 Å². The molecular formula is C23H24FN5O5. The van der Waals surface area contributed by atoms with Crippen molar-refractivity contribution in [3.8, 4) is 22.6 Å². The Kier molecular flexibility index (Phi) is 6.85. The van der Waals surface area contributed by atoms with E-state index in [2.05, 4.69) is 10.4 Å². The van der Waals surface area contributed by atoms with Crippen LogP contribution in [0.4, 0.5) is 14.9 Å². The van der Waals surface area contributed by atoms with Crippen molar-refractivity contribution in [2.24, 2.45) is 11.5 Å². The van der Waals surface area contributed by atoms with Crippen LogP contribution in [-0.4, -0.2) is 39.9 Å². The maximum absolute atomic E-state index is 14.0. The highest BCUT2D eigenvalue weighted by molar-refractivity contribution is 6.00. The van der Waals surface area contributed by atoms with Gasteiger partial charge in [0, 0.05) is 5.56 Å². The van der Waals surface area contributed by atoms with Gasteiger partial charge in [0.05, 0.1) is 17.6 Å². The van der Waals surface area contributed by atoms with Gasteiger partial charge in [0.1, 0.15) is 17.2 Å². The summed E-state index contributed by atoms with van der Waals surface area (Å²) in [6.07, 6.45) is 1.39. The first-order chi connectivity index (χ1) is 15.9. The van der Waals surface area contributed by atoms with Crippen LogP contribution in [0.3, 0.4) is 0 Å². The van der Waals surface area contributed by atoms with E-state index >= 15 is 0 Å². The number of amides is 3. The van der Waals surface area contributed by atoms with E-state index in [9.17, 15) is 18.8 Å². The number of aromatic nitrogens is 2. The lowest BCUT2D eigenvalue weighted by atomic mass is 10.0. The number of esters is 1. The van der Waals surface area contributed by atoms with Crippen molar-refractivity contribution < 1.29 is 28.2 Å². The Balaban J connectivity index is 1.86. The summed E-state index contributed by atoms with van der Waals surface area (Å²) in [4.78, 5) is 34.8. The number of nitrogens with zero attached hydrogens (tertiary/aromatic N) is 2. The Labute approximate surface area is 194 Å². The molecule has 0 bridgehead atoms. The zero-order valence-electron chi connectivity index (χ0n) is 18.8. The molecule has 11 heteroatoms. The van der Waals surface area contributed by atoms with E-state index < -0.39 is 29.3 Å². The number of carbonyl (C=O) groups is 3. The third-order valence-corrected chi connectivity index (χ3v) is 4.36. The van der Waals surface area contributed by atoms with E-state index in [1.54, 1.807) is 45.0 Å². The van der Waals surface area contributed by atoms with E-state index in [0.717, 1.165) is 0 Å². The SMILES string of the molecule is CC(C)(C)OC(=O)COc1ccc(F)cc1-c1ccc(-n2cc(NC(N)=O)c(C(N)=O)n2)cc1. The molecule has 0 fully saturated rings. The Hall–Kier alpha value is -4.41. The molecule has 2 aromatic carbocycles. The third kappa shape index (κ3) is 6.09. The van der Waals surface area contributed by atoms with Crippen molar-refractivity contribution in [3.63, 3.8) is 0 Å². The molecule has 0 spiro atoms. The third-order valence-electron chi connectivity index (χ3n) is 4.36. The lowest BCUT2D eigenvalue weighted by molar-refractivity contribution is -0.157. The number of anilines is 1. The number of carbonyl (C=O) groups excluding carboxylic acids is 3. The molecule has 1 heterocycles. The van der Waals surface area contributed by atoms with Crippen LogP contribution in [0.1, 0.15) is 31.3 Å². The lowest BCUT2D eigenvalue weighted by Crippen LogP contribution is -2.27. The van der Waals surface area contributed by atoms with Crippen molar-refractivity contribution in [1.29, 1.82) is 0 Å². The standard InChI is InChI=1S/C23H24FN5O5/c1-23(2,3)34-19(30)12-33-18-9-6-14(24)10-16(18)13-4-7-15(8-5-13)29-11-17(27-22(26)32)20(28-29)21(25)31/h4-11H,12H2,1-3H3,(H2,25,31)(H3,26,27,32). The number of rotatable bonds is 7. The summed E-state index contributed by atoms with van der Waals surface area (Å²) in [6, 6.07) is 9.74. The highest BCUT2D eigenvalue weighted by Crippen LogP contribution is 2.32. The molecule has 34 heavy (non-hydrogen) atoms.